The molecule has 2 aromatic heterocycles. The molecular formula is C23H25FN4O5S2. The molecule has 4 aromatic rings. The van der Waals surface area contributed by atoms with Gasteiger partial charge in [-0.2, -0.15) is 0 Å². The number of nitrogens with zero attached hydrogens (tertiary/aromatic N) is 4. The maximum Gasteiger partial charge on any atom is 0.346 e. The van der Waals surface area contributed by atoms with Crippen LogP contribution in [-0.4, -0.2) is 30.8 Å². The zero-order chi connectivity index (χ0) is 25.5. The molecule has 0 aliphatic rings. The van der Waals surface area contributed by atoms with Crippen molar-refractivity contribution in [3.05, 3.63) is 106 Å². The van der Waals surface area contributed by atoms with E-state index in [0.717, 1.165) is 33.2 Å². The van der Waals surface area contributed by atoms with Crippen molar-refractivity contribution in [2.24, 2.45) is 0 Å². The highest BCUT2D eigenvalue weighted by molar-refractivity contribution is 7.04. The summed E-state index contributed by atoms with van der Waals surface area (Å²) in [5.74, 6) is -0.349. The average Bonchev–Trinajstić information content (AvgIpc) is 3.29. The topological polar surface area (TPSA) is 97.2 Å². The summed E-state index contributed by atoms with van der Waals surface area (Å²) in [6, 6.07) is 13.1. The summed E-state index contributed by atoms with van der Waals surface area (Å²) in [6.45, 7) is 5.17. The number of halogens is 1. The molecular weight excluding hydrogens is 495 g/mol. The second kappa shape index (κ2) is 11.9. The quantitative estimate of drug-likeness (QED) is 0.373. The third-order valence-corrected chi connectivity index (χ3v) is 6.91. The standard InChI is InChI=1S/C16H13FN2O2S.C7H12N2O3S/c1-11-2-8-14(9-3-11)19-15(20)18(16(21)22-19)10-12-4-6-13(17)7-5-12;1-3-9-6(10)8(4-5-12-2)7(11)13-9/h2-9H,10H2,1H3;3-5H2,1-2H3. The maximum atomic E-state index is 12.9. The number of aryl methyl sites for hydroxylation is 2. The minimum atomic E-state index is -0.386. The van der Waals surface area contributed by atoms with Gasteiger partial charge in [-0.3, -0.25) is 9.59 Å². The molecule has 0 N–H and O–H groups in total. The van der Waals surface area contributed by atoms with Crippen molar-refractivity contribution in [1.82, 2.24) is 17.0 Å². The zero-order valence-corrected chi connectivity index (χ0v) is 21.1. The van der Waals surface area contributed by atoms with Gasteiger partial charge in [-0.1, -0.05) is 29.8 Å². The predicted molar refractivity (Wildman–Crippen MR) is 135 cm³/mol. The molecule has 0 aliphatic heterocycles. The van der Waals surface area contributed by atoms with Gasteiger partial charge in [-0.25, -0.2) is 31.0 Å². The highest BCUT2D eigenvalue weighted by Crippen LogP contribution is 2.09. The van der Waals surface area contributed by atoms with Crippen molar-refractivity contribution < 1.29 is 9.13 Å². The van der Waals surface area contributed by atoms with Crippen molar-refractivity contribution in [2.75, 3.05) is 13.7 Å². The first-order chi connectivity index (χ1) is 16.7. The van der Waals surface area contributed by atoms with Crippen molar-refractivity contribution in [3.8, 4) is 5.69 Å². The SMILES string of the molecule is CCn1sc(=O)n(CCOC)c1=O.Cc1ccc(-n2sc(=O)n(Cc3ccc(F)cc3)c2=O)cc1. The summed E-state index contributed by atoms with van der Waals surface area (Å²) in [5, 5.41) is 0. The molecule has 35 heavy (non-hydrogen) atoms. The fourth-order valence-electron chi connectivity index (χ4n) is 3.07. The van der Waals surface area contributed by atoms with E-state index in [1.165, 1.54) is 31.7 Å². The second-order valence-electron chi connectivity index (χ2n) is 7.46. The van der Waals surface area contributed by atoms with Gasteiger partial charge in [0.05, 0.1) is 25.4 Å². The van der Waals surface area contributed by atoms with Crippen LogP contribution in [0.25, 0.3) is 5.69 Å². The Bertz CT molecular complexity index is 1490. The van der Waals surface area contributed by atoms with Gasteiger partial charge in [-0.05, 0) is 43.7 Å². The van der Waals surface area contributed by atoms with Crippen LogP contribution in [0.3, 0.4) is 0 Å². The van der Waals surface area contributed by atoms with E-state index in [9.17, 15) is 23.6 Å². The smallest absolute Gasteiger partial charge is 0.346 e. The molecule has 0 fully saturated rings. The fraction of sp³-hybridized carbons (Fsp3) is 0.304. The summed E-state index contributed by atoms with van der Waals surface area (Å²) in [7, 11) is 1.54. The first-order valence-corrected chi connectivity index (χ1v) is 12.2. The summed E-state index contributed by atoms with van der Waals surface area (Å²) >= 11 is 1.81. The molecule has 0 saturated carbocycles. The summed E-state index contributed by atoms with van der Waals surface area (Å²) in [6.07, 6.45) is 0. The van der Waals surface area contributed by atoms with Crippen molar-refractivity contribution in [2.45, 2.75) is 33.5 Å². The largest absolute Gasteiger partial charge is 0.383 e. The lowest BCUT2D eigenvalue weighted by molar-refractivity contribution is 0.185. The van der Waals surface area contributed by atoms with Gasteiger partial charge in [0.1, 0.15) is 5.82 Å². The van der Waals surface area contributed by atoms with Gasteiger partial charge in [0.2, 0.25) is 0 Å². The third-order valence-electron chi connectivity index (χ3n) is 4.98. The number of hydrogen-bond donors (Lipinski definition) is 0. The Kier molecular flexibility index (Phi) is 8.90. The number of ether oxygens (including phenoxy) is 1. The zero-order valence-electron chi connectivity index (χ0n) is 19.5. The Morgan fingerprint density at radius 3 is 2.06 bits per heavy atom. The Balaban J connectivity index is 0.000000225. The third kappa shape index (κ3) is 6.41. The molecule has 2 aromatic carbocycles. The average molecular weight is 521 g/mol. The van der Waals surface area contributed by atoms with Gasteiger partial charge in [0, 0.05) is 36.7 Å². The van der Waals surface area contributed by atoms with E-state index in [-0.39, 0.29) is 33.5 Å². The molecule has 2 heterocycles. The molecule has 9 nitrogen and oxygen atoms in total. The van der Waals surface area contributed by atoms with Crippen LogP contribution in [0.1, 0.15) is 18.1 Å². The van der Waals surface area contributed by atoms with E-state index in [1.54, 1.807) is 24.3 Å². The van der Waals surface area contributed by atoms with Gasteiger partial charge in [0.15, 0.2) is 0 Å². The fourth-order valence-corrected chi connectivity index (χ4v) is 4.63. The van der Waals surface area contributed by atoms with Crippen LogP contribution in [0.15, 0.2) is 67.7 Å². The molecule has 0 radical (unpaired) electrons. The minimum absolute atomic E-state index is 0.132. The van der Waals surface area contributed by atoms with E-state index in [1.807, 2.05) is 26.0 Å². The lowest BCUT2D eigenvalue weighted by atomic mass is 10.2. The van der Waals surface area contributed by atoms with Gasteiger partial charge in [-0.15, -0.1) is 0 Å². The van der Waals surface area contributed by atoms with E-state index < -0.39 is 0 Å². The summed E-state index contributed by atoms with van der Waals surface area (Å²) in [4.78, 5) is 46.5. The predicted octanol–water partition coefficient (Wildman–Crippen LogP) is 2.29. The summed E-state index contributed by atoms with van der Waals surface area (Å²) < 4.78 is 22.8. The lowest BCUT2D eigenvalue weighted by Gasteiger charge is -2.02. The Morgan fingerprint density at radius 2 is 1.49 bits per heavy atom. The normalized spacial score (nSPS) is 10.7. The van der Waals surface area contributed by atoms with E-state index in [4.69, 9.17) is 4.74 Å². The first-order valence-electron chi connectivity index (χ1n) is 10.7. The molecule has 0 bridgehead atoms. The van der Waals surface area contributed by atoms with Crippen LogP contribution in [0.2, 0.25) is 0 Å². The van der Waals surface area contributed by atoms with Crippen LogP contribution >= 0.6 is 23.1 Å². The highest BCUT2D eigenvalue weighted by Gasteiger charge is 2.12. The van der Waals surface area contributed by atoms with Crippen molar-refractivity contribution >= 4 is 23.1 Å². The van der Waals surface area contributed by atoms with Crippen LogP contribution in [0.4, 0.5) is 4.39 Å². The van der Waals surface area contributed by atoms with Gasteiger partial charge >= 0.3 is 21.1 Å². The van der Waals surface area contributed by atoms with Gasteiger partial charge in [0.25, 0.3) is 0 Å². The van der Waals surface area contributed by atoms with E-state index >= 15 is 0 Å². The molecule has 0 amide bonds. The molecule has 0 saturated heterocycles. The molecule has 0 aliphatic carbocycles. The number of methoxy groups -OCH3 is 1. The number of hydrogen-bond acceptors (Lipinski definition) is 7. The van der Waals surface area contributed by atoms with Crippen LogP contribution in [0, 0.1) is 12.7 Å². The number of benzene rings is 2. The summed E-state index contributed by atoms with van der Waals surface area (Å²) in [5.41, 5.74) is 1.82. The van der Waals surface area contributed by atoms with Crippen molar-refractivity contribution in [3.63, 3.8) is 0 Å². The molecule has 0 atom stereocenters. The second-order valence-corrected chi connectivity index (χ2v) is 9.33. The molecule has 4 rings (SSSR count). The molecule has 12 heteroatoms. The number of rotatable bonds is 7. The minimum Gasteiger partial charge on any atom is -0.383 e. The molecule has 186 valence electrons. The van der Waals surface area contributed by atoms with E-state index in [0.29, 0.717) is 30.9 Å². The molecule has 0 spiro atoms. The lowest BCUT2D eigenvalue weighted by Crippen LogP contribution is -2.30. The molecule has 0 unspecified atom stereocenters. The van der Waals surface area contributed by atoms with Crippen LogP contribution in [-0.2, 0) is 24.4 Å². The Hall–Kier alpha value is -3.35. The Morgan fingerprint density at radius 1 is 0.857 bits per heavy atom. The highest BCUT2D eigenvalue weighted by atomic mass is 32.1. The van der Waals surface area contributed by atoms with Crippen LogP contribution in [0.5, 0.6) is 0 Å². The maximum absolute atomic E-state index is 12.9. The van der Waals surface area contributed by atoms with Gasteiger partial charge < -0.3 is 4.74 Å². The number of aromatic nitrogens is 4. The van der Waals surface area contributed by atoms with E-state index in [2.05, 4.69) is 0 Å². The van der Waals surface area contributed by atoms with Crippen molar-refractivity contribution in [1.29, 1.82) is 0 Å². The Labute approximate surface area is 207 Å². The van der Waals surface area contributed by atoms with Crippen LogP contribution < -0.4 is 21.1 Å². The first kappa shape index (κ1) is 26.3. The monoisotopic (exact) mass is 520 g/mol.